The average Bonchev–Trinajstić information content (AvgIpc) is 3.36. The van der Waals surface area contributed by atoms with Gasteiger partial charge in [-0.15, -0.1) is 0 Å². The lowest BCUT2D eigenvalue weighted by Gasteiger charge is -2.25. The van der Waals surface area contributed by atoms with Crippen molar-refractivity contribution in [3.05, 3.63) is 18.2 Å². The number of unbranched alkanes of at least 4 members (excludes halogenated alkanes) is 1. The number of primary amides is 1. The highest BCUT2D eigenvalue weighted by atomic mass is 32.2. The molecule has 4 atom stereocenters. The van der Waals surface area contributed by atoms with Crippen LogP contribution in [0.5, 0.6) is 0 Å². The van der Waals surface area contributed by atoms with Gasteiger partial charge in [-0.25, -0.2) is 9.78 Å². The van der Waals surface area contributed by atoms with Crippen molar-refractivity contribution in [1.82, 2.24) is 25.9 Å². The molecular formula is C22H38N8O6S. The Morgan fingerprint density at radius 3 is 2.22 bits per heavy atom. The summed E-state index contributed by atoms with van der Waals surface area (Å²) >= 11 is 1.48. The van der Waals surface area contributed by atoms with E-state index in [1.807, 2.05) is 6.26 Å². The molecule has 0 aliphatic rings. The first-order chi connectivity index (χ1) is 17.6. The van der Waals surface area contributed by atoms with Crippen LogP contribution in [0, 0.1) is 0 Å². The first kappa shape index (κ1) is 31.9. The van der Waals surface area contributed by atoms with Gasteiger partial charge in [0, 0.05) is 24.7 Å². The van der Waals surface area contributed by atoms with Gasteiger partial charge in [0.15, 0.2) is 0 Å². The van der Waals surface area contributed by atoms with Gasteiger partial charge in [-0.1, -0.05) is 6.42 Å². The Balaban J connectivity index is 2.99. The van der Waals surface area contributed by atoms with Crippen LogP contribution in [0.4, 0.5) is 0 Å². The molecule has 1 heterocycles. The summed E-state index contributed by atoms with van der Waals surface area (Å²) in [7, 11) is 0. The van der Waals surface area contributed by atoms with E-state index in [1.165, 1.54) is 24.3 Å². The zero-order chi connectivity index (χ0) is 27.8. The number of hydrogen-bond acceptors (Lipinski definition) is 9. The van der Waals surface area contributed by atoms with Crippen molar-refractivity contribution >= 4 is 41.4 Å². The van der Waals surface area contributed by atoms with Crippen molar-refractivity contribution in [2.75, 3.05) is 18.6 Å². The molecule has 0 aromatic carbocycles. The van der Waals surface area contributed by atoms with Crippen LogP contribution in [0.1, 0.15) is 44.2 Å². The molecule has 15 heteroatoms. The van der Waals surface area contributed by atoms with Gasteiger partial charge in [0.2, 0.25) is 23.6 Å². The maximum atomic E-state index is 13.2. The zero-order valence-electron chi connectivity index (χ0n) is 20.9. The van der Waals surface area contributed by atoms with E-state index in [1.54, 1.807) is 0 Å². The third kappa shape index (κ3) is 12.6. The Morgan fingerprint density at radius 2 is 1.65 bits per heavy atom. The molecule has 1 rings (SSSR count). The number of aliphatic carboxylic acids is 1. The molecular weight excluding hydrogens is 504 g/mol. The Morgan fingerprint density at radius 1 is 1.00 bits per heavy atom. The minimum absolute atomic E-state index is 0.0263. The molecule has 37 heavy (non-hydrogen) atoms. The van der Waals surface area contributed by atoms with Crippen LogP contribution < -0.4 is 33.2 Å². The summed E-state index contributed by atoms with van der Waals surface area (Å²) in [5.41, 5.74) is 17.0. The van der Waals surface area contributed by atoms with E-state index in [9.17, 15) is 29.1 Å². The van der Waals surface area contributed by atoms with Gasteiger partial charge >= 0.3 is 5.97 Å². The zero-order valence-corrected chi connectivity index (χ0v) is 21.7. The second kappa shape index (κ2) is 17.3. The van der Waals surface area contributed by atoms with Crippen LogP contribution in [-0.2, 0) is 30.4 Å². The molecule has 4 unspecified atom stereocenters. The van der Waals surface area contributed by atoms with Crippen molar-refractivity contribution in [1.29, 1.82) is 0 Å². The maximum Gasteiger partial charge on any atom is 0.326 e. The van der Waals surface area contributed by atoms with Gasteiger partial charge in [0.05, 0.1) is 12.4 Å². The topological polar surface area (TPSA) is 248 Å². The fourth-order valence-corrected chi connectivity index (χ4v) is 3.81. The quantitative estimate of drug-likeness (QED) is 0.0890. The van der Waals surface area contributed by atoms with E-state index >= 15 is 0 Å². The van der Waals surface area contributed by atoms with Gasteiger partial charge in [-0.3, -0.25) is 19.2 Å². The second-order valence-corrected chi connectivity index (χ2v) is 9.47. The number of rotatable bonds is 19. The molecule has 0 saturated heterocycles. The number of nitrogens with two attached hydrogens (primary N) is 3. The molecule has 4 amide bonds. The van der Waals surface area contributed by atoms with Crippen molar-refractivity contribution < 1.29 is 29.1 Å². The van der Waals surface area contributed by atoms with E-state index in [0.717, 1.165) is 6.42 Å². The number of aromatic amines is 1. The van der Waals surface area contributed by atoms with E-state index < -0.39 is 53.8 Å². The predicted molar refractivity (Wildman–Crippen MR) is 138 cm³/mol. The van der Waals surface area contributed by atoms with Crippen LogP contribution in [-0.4, -0.2) is 87.4 Å². The number of nitrogens with one attached hydrogen (secondary N) is 4. The van der Waals surface area contributed by atoms with E-state index in [2.05, 4.69) is 25.9 Å². The molecule has 0 bridgehead atoms. The van der Waals surface area contributed by atoms with Crippen LogP contribution in [0.2, 0.25) is 0 Å². The highest BCUT2D eigenvalue weighted by molar-refractivity contribution is 7.98. The van der Waals surface area contributed by atoms with Crippen molar-refractivity contribution in [3.8, 4) is 0 Å². The van der Waals surface area contributed by atoms with Gasteiger partial charge in [-0.2, -0.15) is 11.8 Å². The number of carboxylic acids is 1. The maximum absolute atomic E-state index is 13.2. The van der Waals surface area contributed by atoms with Crippen LogP contribution in [0.25, 0.3) is 0 Å². The Kier molecular flexibility index (Phi) is 14.9. The first-order valence-corrected chi connectivity index (χ1v) is 13.3. The summed E-state index contributed by atoms with van der Waals surface area (Å²) in [5.74, 6) is -3.42. The van der Waals surface area contributed by atoms with Crippen LogP contribution in [0.3, 0.4) is 0 Å². The molecule has 11 N–H and O–H groups in total. The Bertz CT molecular complexity index is 885. The number of thioether (sulfide) groups is 1. The molecule has 208 valence electrons. The molecule has 1 aromatic heterocycles. The molecule has 0 radical (unpaired) electrons. The van der Waals surface area contributed by atoms with E-state index in [-0.39, 0.29) is 25.7 Å². The van der Waals surface area contributed by atoms with Crippen molar-refractivity contribution in [2.24, 2.45) is 17.2 Å². The van der Waals surface area contributed by atoms with Gasteiger partial charge < -0.3 is 43.2 Å². The number of imidazole rings is 1. The molecule has 14 nitrogen and oxygen atoms in total. The largest absolute Gasteiger partial charge is 0.480 e. The van der Waals surface area contributed by atoms with E-state index in [4.69, 9.17) is 17.2 Å². The summed E-state index contributed by atoms with van der Waals surface area (Å²) in [5, 5.41) is 17.0. The SMILES string of the molecule is CSCCC(NC(=O)C(N)CCCCN)C(=O)NC(Cc1cnc[nH]1)C(=O)NC(CCC(N)=O)C(=O)O. The smallest absolute Gasteiger partial charge is 0.326 e. The standard InChI is InChI=1S/C22H38N8O6S/c1-37-9-7-15(28-19(32)14(24)4-2-3-8-23)20(33)30-17(10-13-11-26-12-27-13)21(34)29-16(22(35)36)5-6-18(25)31/h11-12,14-17H,2-10,23-24H2,1H3,(H2,25,31)(H,26,27)(H,28,32)(H,29,34)(H,30,33)(H,35,36). The number of carboxylic acid groups (broad SMARTS) is 1. The number of aromatic nitrogens is 2. The lowest BCUT2D eigenvalue weighted by molar-refractivity contribution is -0.142. The Labute approximate surface area is 219 Å². The number of carbonyl (C=O) groups excluding carboxylic acids is 4. The van der Waals surface area contributed by atoms with Crippen molar-refractivity contribution in [3.63, 3.8) is 0 Å². The third-order valence-corrected chi connectivity index (χ3v) is 6.10. The molecule has 0 aliphatic carbocycles. The summed E-state index contributed by atoms with van der Waals surface area (Å²) < 4.78 is 0. The fraction of sp³-hybridized carbons (Fsp3) is 0.636. The third-order valence-electron chi connectivity index (χ3n) is 5.46. The molecule has 0 saturated carbocycles. The summed E-state index contributed by atoms with van der Waals surface area (Å²) in [6.07, 6.45) is 6.30. The van der Waals surface area contributed by atoms with Gasteiger partial charge in [-0.05, 0) is 44.2 Å². The predicted octanol–water partition coefficient (Wildman–Crippen LogP) is -2.03. The number of nitrogens with zero attached hydrogens (tertiary/aromatic N) is 1. The molecule has 0 spiro atoms. The summed E-state index contributed by atoms with van der Waals surface area (Å²) in [6.45, 7) is 0.484. The first-order valence-electron chi connectivity index (χ1n) is 11.9. The fourth-order valence-electron chi connectivity index (χ4n) is 3.34. The number of carbonyl (C=O) groups is 5. The number of amides is 4. The second-order valence-electron chi connectivity index (χ2n) is 8.48. The van der Waals surface area contributed by atoms with Crippen molar-refractivity contribution in [2.45, 2.75) is 69.1 Å². The summed E-state index contributed by atoms with van der Waals surface area (Å²) in [6, 6.07) is -4.38. The van der Waals surface area contributed by atoms with Gasteiger partial charge in [0.25, 0.3) is 0 Å². The summed E-state index contributed by atoms with van der Waals surface area (Å²) in [4.78, 5) is 68.1. The minimum atomic E-state index is -1.39. The molecule has 0 aliphatic heterocycles. The molecule has 0 fully saturated rings. The van der Waals surface area contributed by atoms with Crippen LogP contribution in [0.15, 0.2) is 12.5 Å². The number of H-pyrrole nitrogens is 1. The average molecular weight is 543 g/mol. The van der Waals surface area contributed by atoms with Gasteiger partial charge in [0.1, 0.15) is 18.1 Å². The number of hydrogen-bond donors (Lipinski definition) is 8. The lowest BCUT2D eigenvalue weighted by Crippen LogP contribution is -2.57. The van der Waals surface area contributed by atoms with Crippen LogP contribution >= 0.6 is 11.8 Å². The van der Waals surface area contributed by atoms with E-state index in [0.29, 0.717) is 30.8 Å². The monoisotopic (exact) mass is 542 g/mol. The molecule has 1 aromatic rings. The minimum Gasteiger partial charge on any atom is -0.480 e. The Hall–Kier alpha value is -3.17. The highest BCUT2D eigenvalue weighted by Crippen LogP contribution is 2.07. The lowest BCUT2D eigenvalue weighted by atomic mass is 10.1. The normalized spacial score (nSPS) is 14.1. The highest BCUT2D eigenvalue weighted by Gasteiger charge is 2.30.